The Kier molecular flexibility index (Phi) is 3.14. The van der Waals surface area contributed by atoms with Gasteiger partial charge >= 0.3 is 0 Å². The largest absolute Gasteiger partial charge is 0.113 e. The second kappa shape index (κ2) is 5.49. The monoisotopic (exact) mass is 314 g/mol. The van der Waals surface area contributed by atoms with E-state index < -0.39 is 0 Å². The van der Waals surface area contributed by atoms with Crippen LogP contribution in [-0.4, -0.2) is 7.85 Å². The first-order valence-electron chi connectivity index (χ1n) is 8.50. The molecule has 0 nitrogen and oxygen atoms in total. The molecule has 5 aromatic rings. The highest BCUT2D eigenvalue weighted by Gasteiger charge is 2.07. The summed E-state index contributed by atoms with van der Waals surface area (Å²) in [4.78, 5) is 0. The maximum absolute atomic E-state index is 5.99. The molecular weight excluding hydrogens is 299 g/mol. The number of rotatable bonds is 1. The molecule has 0 bridgehead atoms. The molecule has 0 aliphatic rings. The average molecular weight is 314 g/mol. The molecule has 2 radical (unpaired) electrons. The summed E-state index contributed by atoms with van der Waals surface area (Å²) in [5, 5.41) is 7.66. The van der Waals surface area contributed by atoms with Gasteiger partial charge in [-0.1, -0.05) is 84.3 Å². The van der Waals surface area contributed by atoms with Crippen molar-refractivity contribution >= 4 is 45.6 Å². The van der Waals surface area contributed by atoms with Crippen molar-refractivity contribution in [3.63, 3.8) is 0 Å². The highest BCUT2D eigenvalue weighted by Crippen LogP contribution is 2.34. The van der Waals surface area contributed by atoms with Gasteiger partial charge in [0.2, 0.25) is 0 Å². The van der Waals surface area contributed by atoms with Gasteiger partial charge in [0.05, 0.1) is 0 Å². The lowest BCUT2D eigenvalue weighted by molar-refractivity contribution is 1.69. The maximum atomic E-state index is 5.99. The quantitative estimate of drug-likeness (QED) is 0.214. The molecule has 0 saturated heterocycles. The van der Waals surface area contributed by atoms with E-state index in [-0.39, 0.29) is 0 Å². The van der Waals surface area contributed by atoms with Gasteiger partial charge < -0.3 is 0 Å². The molecule has 114 valence electrons. The Hall–Kier alpha value is -3.06. The molecule has 0 saturated carbocycles. The van der Waals surface area contributed by atoms with Crippen molar-refractivity contribution in [1.29, 1.82) is 0 Å². The summed E-state index contributed by atoms with van der Waals surface area (Å²) in [5.41, 5.74) is 3.17. The Labute approximate surface area is 148 Å². The fourth-order valence-electron chi connectivity index (χ4n) is 3.74. The Balaban J connectivity index is 1.88. The van der Waals surface area contributed by atoms with Gasteiger partial charge in [0.25, 0.3) is 0 Å². The van der Waals surface area contributed by atoms with Gasteiger partial charge in [0.1, 0.15) is 7.85 Å². The molecule has 0 aliphatic carbocycles. The third-order valence-corrected chi connectivity index (χ3v) is 4.94. The Bertz CT molecular complexity index is 1250. The molecule has 0 heterocycles. The first kappa shape index (κ1) is 14.3. The molecule has 25 heavy (non-hydrogen) atoms. The van der Waals surface area contributed by atoms with Gasteiger partial charge in [-0.2, -0.15) is 0 Å². The standard InChI is InChI=1S/C24H15B/c25-20-8-3-7-18(14-20)21-9-4-10-22-23(21)12-11-19-13-16-5-1-2-6-17(16)15-24(19)22/h1-15H. The first-order valence-corrected chi connectivity index (χ1v) is 8.50. The molecule has 0 atom stereocenters. The van der Waals surface area contributed by atoms with Gasteiger partial charge in [-0.05, 0) is 55.6 Å². The van der Waals surface area contributed by atoms with Crippen molar-refractivity contribution in [2.45, 2.75) is 0 Å². The summed E-state index contributed by atoms with van der Waals surface area (Å²) < 4.78 is 0. The van der Waals surface area contributed by atoms with Crippen molar-refractivity contribution in [2.24, 2.45) is 0 Å². The van der Waals surface area contributed by atoms with E-state index >= 15 is 0 Å². The SMILES string of the molecule is [B]c1cccc(-c2cccc3c2ccc2cc4ccccc4cc23)c1. The zero-order valence-electron chi connectivity index (χ0n) is 13.7. The normalized spacial score (nSPS) is 11.4. The molecule has 0 spiro atoms. The summed E-state index contributed by atoms with van der Waals surface area (Å²) in [7, 11) is 5.99. The lowest BCUT2D eigenvalue weighted by atomic mass is 9.89. The van der Waals surface area contributed by atoms with Crippen LogP contribution in [0.2, 0.25) is 0 Å². The van der Waals surface area contributed by atoms with Crippen LogP contribution in [0.1, 0.15) is 0 Å². The van der Waals surface area contributed by atoms with Gasteiger partial charge in [0, 0.05) is 0 Å². The van der Waals surface area contributed by atoms with Crippen LogP contribution in [0.15, 0.2) is 91.0 Å². The molecule has 0 fully saturated rings. The molecule has 0 aromatic heterocycles. The zero-order valence-corrected chi connectivity index (χ0v) is 13.7. The fraction of sp³-hybridized carbons (Fsp3) is 0. The van der Waals surface area contributed by atoms with E-state index in [1.807, 2.05) is 18.2 Å². The lowest BCUT2D eigenvalue weighted by Gasteiger charge is -2.11. The summed E-state index contributed by atoms with van der Waals surface area (Å²) in [6.07, 6.45) is 0. The molecule has 0 unspecified atom stereocenters. The van der Waals surface area contributed by atoms with E-state index in [9.17, 15) is 0 Å². The van der Waals surface area contributed by atoms with Crippen LogP contribution in [0.4, 0.5) is 0 Å². The molecule has 0 amide bonds. The van der Waals surface area contributed by atoms with E-state index in [1.54, 1.807) is 0 Å². The second-order valence-electron chi connectivity index (χ2n) is 6.51. The zero-order chi connectivity index (χ0) is 16.8. The maximum Gasteiger partial charge on any atom is 0.113 e. The number of fused-ring (bicyclic) bond motifs is 4. The second-order valence-corrected chi connectivity index (χ2v) is 6.51. The molecular formula is C24H15B. The van der Waals surface area contributed by atoms with Crippen LogP contribution in [0.3, 0.4) is 0 Å². The minimum absolute atomic E-state index is 0.793. The highest BCUT2D eigenvalue weighted by atomic mass is 14.1. The van der Waals surface area contributed by atoms with Crippen LogP contribution >= 0.6 is 0 Å². The van der Waals surface area contributed by atoms with E-state index in [1.165, 1.54) is 37.9 Å². The lowest BCUT2D eigenvalue weighted by Crippen LogP contribution is -2.00. The Morgan fingerprint density at radius 3 is 2.12 bits per heavy atom. The van der Waals surface area contributed by atoms with E-state index in [4.69, 9.17) is 7.85 Å². The smallest absolute Gasteiger partial charge is 0.0961 e. The Morgan fingerprint density at radius 1 is 0.480 bits per heavy atom. The third-order valence-electron chi connectivity index (χ3n) is 4.94. The molecule has 0 N–H and O–H groups in total. The van der Waals surface area contributed by atoms with Crippen LogP contribution in [-0.2, 0) is 0 Å². The third kappa shape index (κ3) is 2.32. The number of hydrogen-bond acceptors (Lipinski definition) is 0. The van der Waals surface area contributed by atoms with E-state index in [0.29, 0.717) is 0 Å². The summed E-state index contributed by atoms with van der Waals surface area (Å²) in [6.45, 7) is 0. The van der Waals surface area contributed by atoms with Gasteiger partial charge in [-0.15, -0.1) is 0 Å². The highest BCUT2D eigenvalue weighted by molar-refractivity contribution is 6.32. The first-order chi connectivity index (χ1) is 12.3. The summed E-state index contributed by atoms with van der Waals surface area (Å²) >= 11 is 0. The van der Waals surface area contributed by atoms with Crippen molar-refractivity contribution < 1.29 is 0 Å². The molecule has 5 aromatic carbocycles. The number of benzene rings is 5. The Morgan fingerprint density at radius 2 is 1.28 bits per heavy atom. The van der Waals surface area contributed by atoms with E-state index in [0.717, 1.165) is 11.0 Å². The minimum Gasteiger partial charge on any atom is -0.0961 e. The van der Waals surface area contributed by atoms with Crippen molar-refractivity contribution in [1.82, 2.24) is 0 Å². The van der Waals surface area contributed by atoms with Gasteiger partial charge in [-0.3, -0.25) is 0 Å². The van der Waals surface area contributed by atoms with Gasteiger partial charge in [0.15, 0.2) is 0 Å². The predicted molar refractivity (Wildman–Crippen MR) is 110 cm³/mol. The molecule has 0 aliphatic heterocycles. The van der Waals surface area contributed by atoms with Gasteiger partial charge in [-0.25, -0.2) is 0 Å². The van der Waals surface area contributed by atoms with Crippen molar-refractivity contribution in [3.8, 4) is 11.1 Å². The fourth-order valence-corrected chi connectivity index (χ4v) is 3.74. The topological polar surface area (TPSA) is 0 Å². The van der Waals surface area contributed by atoms with E-state index in [2.05, 4.69) is 72.8 Å². The van der Waals surface area contributed by atoms with Crippen molar-refractivity contribution in [3.05, 3.63) is 91.0 Å². The summed E-state index contributed by atoms with van der Waals surface area (Å²) in [5.74, 6) is 0. The minimum atomic E-state index is 0.793. The van der Waals surface area contributed by atoms with Crippen LogP contribution in [0, 0.1) is 0 Å². The van der Waals surface area contributed by atoms with Crippen LogP contribution in [0.5, 0.6) is 0 Å². The molecule has 5 rings (SSSR count). The van der Waals surface area contributed by atoms with Crippen LogP contribution in [0.25, 0.3) is 43.4 Å². The average Bonchev–Trinajstić information content (AvgIpc) is 2.66. The number of hydrogen-bond donors (Lipinski definition) is 0. The molecule has 1 heteroatoms. The van der Waals surface area contributed by atoms with Crippen molar-refractivity contribution in [2.75, 3.05) is 0 Å². The van der Waals surface area contributed by atoms with Crippen LogP contribution < -0.4 is 5.46 Å². The summed E-state index contributed by atoms with van der Waals surface area (Å²) in [6, 6.07) is 32.2. The predicted octanol–water partition coefficient (Wildman–Crippen LogP) is 5.61.